The van der Waals surface area contributed by atoms with Crippen molar-refractivity contribution in [2.24, 2.45) is 0 Å². The topological polar surface area (TPSA) is 49.8 Å². The number of carbonyl (C=O) groups excluding carboxylic acids is 1. The predicted octanol–water partition coefficient (Wildman–Crippen LogP) is 0.644. The Morgan fingerprint density at radius 2 is 2.00 bits per heavy atom. The summed E-state index contributed by atoms with van der Waals surface area (Å²) in [6.07, 6.45) is 3.50. The van der Waals surface area contributed by atoms with Gasteiger partial charge >= 0.3 is 5.97 Å². The number of carbonyl (C=O) groups is 1. The molecule has 0 aromatic carbocycles. The fourth-order valence-electron chi connectivity index (χ4n) is 1.21. The van der Waals surface area contributed by atoms with Crippen molar-refractivity contribution in [3.05, 3.63) is 0 Å². The van der Waals surface area contributed by atoms with Gasteiger partial charge in [-0.05, 0) is 26.4 Å². The number of likely N-dealkylation sites (N-methyl/N-ethyl adjacent to an activating group) is 1. The van der Waals surface area contributed by atoms with Gasteiger partial charge < -0.3 is 14.7 Å². The van der Waals surface area contributed by atoms with Gasteiger partial charge in [0.25, 0.3) is 0 Å². The summed E-state index contributed by atoms with van der Waals surface area (Å²) >= 11 is 0. The summed E-state index contributed by atoms with van der Waals surface area (Å²) in [5.74, 6) is -0.131. The summed E-state index contributed by atoms with van der Waals surface area (Å²) in [5, 5.41) is 8.64. The van der Waals surface area contributed by atoms with E-state index in [1.165, 1.54) is 7.11 Å². The predicted molar refractivity (Wildman–Crippen MR) is 55.1 cm³/mol. The molecule has 1 N–H and O–H groups in total. The highest BCUT2D eigenvalue weighted by Crippen LogP contribution is 2.01. The lowest BCUT2D eigenvalue weighted by molar-refractivity contribution is -0.140. The fraction of sp³-hybridized carbons (Fsp3) is 0.900. The maximum absolute atomic E-state index is 10.7. The Morgan fingerprint density at radius 1 is 1.29 bits per heavy atom. The minimum absolute atomic E-state index is 0.131. The molecule has 0 saturated carbocycles. The van der Waals surface area contributed by atoms with Crippen LogP contribution in [0.4, 0.5) is 0 Å². The Morgan fingerprint density at radius 3 is 2.57 bits per heavy atom. The molecule has 4 nitrogen and oxygen atoms in total. The van der Waals surface area contributed by atoms with E-state index >= 15 is 0 Å². The van der Waals surface area contributed by atoms with Crippen LogP contribution in [-0.2, 0) is 9.53 Å². The van der Waals surface area contributed by atoms with Gasteiger partial charge in [-0.3, -0.25) is 4.79 Å². The Balaban J connectivity index is 3.17. The van der Waals surface area contributed by atoms with Crippen molar-refractivity contribution < 1.29 is 14.6 Å². The first kappa shape index (κ1) is 13.4. The zero-order valence-corrected chi connectivity index (χ0v) is 9.16. The van der Waals surface area contributed by atoms with Crippen molar-refractivity contribution >= 4 is 5.97 Å². The number of unbranched alkanes of at least 4 members (excludes halogenated alkanes) is 2. The molecule has 0 radical (unpaired) electrons. The standard InChI is InChI=1S/C10H21NO3/c1-11(8-9-12)7-5-3-4-6-10(13)14-2/h12H,3-9H2,1-2H3. The SMILES string of the molecule is COC(=O)CCCCCN(C)CCO. The van der Waals surface area contributed by atoms with Gasteiger partial charge in [0.2, 0.25) is 0 Å². The average molecular weight is 203 g/mol. The maximum atomic E-state index is 10.7. The highest BCUT2D eigenvalue weighted by atomic mass is 16.5. The van der Waals surface area contributed by atoms with Gasteiger partial charge in [-0.15, -0.1) is 0 Å². The van der Waals surface area contributed by atoms with E-state index in [0.717, 1.165) is 32.4 Å². The van der Waals surface area contributed by atoms with E-state index in [9.17, 15) is 4.79 Å². The molecule has 0 aromatic heterocycles. The van der Waals surface area contributed by atoms with E-state index in [1.54, 1.807) is 0 Å². The number of hydrogen-bond acceptors (Lipinski definition) is 4. The fourth-order valence-corrected chi connectivity index (χ4v) is 1.21. The molecule has 0 aromatic rings. The van der Waals surface area contributed by atoms with Gasteiger partial charge in [-0.1, -0.05) is 6.42 Å². The molecule has 0 fully saturated rings. The van der Waals surface area contributed by atoms with E-state index in [1.807, 2.05) is 7.05 Å². The molecular weight excluding hydrogens is 182 g/mol. The monoisotopic (exact) mass is 203 g/mol. The van der Waals surface area contributed by atoms with Crippen LogP contribution < -0.4 is 0 Å². The summed E-state index contributed by atoms with van der Waals surface area (Å²) in [6.45, 7) is 1.90. The lowest BCUT2D eigenvalue weighted by Gasteiger charge is -2.14. The summed E-state index contributed by atoms with van der Waals surface area (Å²) in [5.41, 5.74) is 0. The second-order valence-corrected chi connectivity index (χ2v) is 3.41. The Bertz CT molecular complexity index is 150. The van der Waals surface area contributed by atoms with E-state index in [0.29, 0.717) is 6.42 Å². The summed E-state index contributed by atoms with van der Waals surface area (Å²) in [7, 11) is 3.40. The molecule has 0 rings (SSSR count). The first-order chi connectivity index (χ1) is 6.70. The van der Waals surface area contributed by atoms with Gasteiger partial charge in [-0.25, -0.2) is 0 Å². The van der Waals surface area contributed by atoms with Crippen molar-refractivity contribution in [1.29, 1.82) is 0 Å². The van der Waals surface area contributed by atoms with Crippen molar-refractivity contribution in [3.63, 3.8) is 0 Å². The van der Waals surface area contributed by atoms with Crippen LogP contribution in [0.1, 0.15) is 25.7 Å². The molecule has 14 heavy (non-hydrogen) atoms. The summed E-state index contributed by atoms with van der Waals surface area (Å²) in [6, 6.07) is 0. The summed E-state index contributed by atoms with van der Waals surface area (Å²) in [4.78, 5) is 12.8. The number of ether oxygens (including phenoxy) is 1. The average Bonchev–Trinajstić information content (AvgIpc) is 2.17. The van der Waals surface area contributed by atoms with Crippen molar-refractivity contribution in [1.82, 2.24) is 4.90 Å². The lowest BCUT2D eigenvalue weighted by atomic mass is 10.2. The van der Waals surface area contributed by atoms with E-state index in [-0.39, 0.29) is 12.6 Å². The van der Waals surface area contributed by atoms with Crippen LogP contribution in [0.25, 0.3) is 0 Å². The van der Waals surface area contributed by atoms with Crippen molar-refractivity contribution in [3.8, 4) is 0 Å². The maximum Gasteiger partial charge on any atom is 0.305 e. The number of aliphatic hydroxyl groups excluding tert-OH is 1. The molecule has 0 aliphatic carbocycles. The van der Waals surface area contributed by atoms with Crippen molar-refractivity contribution in [2.75, 3.05) is 33.9 Å². The number of nitrogens with zero attached hydrogens (tertiary/aromatic N) is 1. The minimum Gasteiger partial charge on any atom is -0.469 e. The lowest BCUT2D eigenvalue weighted by Crippen LogP contribution is -2.23. The Kier molecular flexibility index (Phi) is 8.57. The van der Waals surface area contributed by atoms with Crippen LogP contribution in [-0.4, -0.2) is 49.8 Å². The molecule has 0 bridgehead atoms. The molecule has 0 amide bonds. The normalized spacial score (nSPS) is 10.6. The van der Waals surface area contributed by atoms with Crippen LogP contribution in [0.3, 0.4) is 0 Å². The first-order valence-electron chi connectivity index (χ1n) is 5.07. The van der Waals surface area contributed by atoms with Gasteiger partial charge in [0.1, 0.15) is 0 Å². The molecule has 4 heteroatoms. The van der Waals surface area contributed by atoms with Crippen LogP contribution in [0.15, 0.2) is 0 Å². The molecule has 0 unspecified atom stereocenters. The van der Waals surface area contributed by atoms with E-state index in [4.69, 9.17) is 5.11 Å². The molecule has 84 valence electrons. The number of esters is 1. The highest BCUT2D eigenvalue weighted by Gasteiger charge is 2.00. The van der Waals surface area contributed by atoms with E-state index in [2.05, 4.69) is 9.64 Å². The second kappa shape index (κ2) is 8.97. The third kappa shape index (κ3) is 8.01. The van der Waals surface area contributed by atoms with Crippen molar-refractivity contribution in [2.45, 2.75) is 25.7 Å². The minimum atomic E-state index is -0.131. The Hall–Kier alpha value is -0.610. The molecular formula is C10H21NO3. The number of methoxy groups -OCH3 is 1. The van der Waals surface area contributed by atoms with Crippen LogP contribution >= 0.6 is 0 Å². The zero-order chi connectivity index (χ0) is 10.8. The second-order valence-electron chi connectivity index (χ2n) is 3.41. The quantitative estimate of drug-likeness (QED) is 0.464. The van der Waals surface area contributed by atoms with Crippen LogP contribution in [0.2, 0.25) is 0 Å². The van der Waals surface area contributed by atoms with Gasteiger partial charge in [-0.2, -0.15) is 0 Å². The highest BCUT2D eigenvalue weighted by molar-refractivity contribution is 5.68. The first-order valence-corrected chi connectivity index (χ1v) is 5.07. The molecule has 0 atom stereocenters. The molecule has 0 saturated heterocycles. The van der Waals surface area contributed by atoms with Gasteiger partial charge in [0.05, 0.1) is 13.7 Å². The van der Waals surface area contributed by atoms with Gasteiger partial charge in [0.15, 0.2) is 0 Å². The number of hydrogen-bond donors (Lipinski definition) is 1. The largest absolute Gasteiger partial charge is 0.469 e. The Labute approximate surface area is 85.9 Å². The number of aliphatic hydroxyl groups is 1. The third-order valence-corrected chi connectivity index (χ3v) is 2.13. The van der Waals surface area contributed by atoms with Crippen LogP contribution in [0.5, 0.6) is 0 Å². The molecule has 0 heterocycles. The van der Waals surface area contributed by atoms with E-state index < -0.39 is 0 Å². The molecule has 0 aliphatic rings. The van der Waals surface area contributed by atoms with Gasteiger partial charge in [0, 0.05) is 13.0 Å². The summed E-state index contributed by atoms with van der Waals surface area (Å²) < 4.78 is 4.53. The number of rotatable bonds is 8. The zero-order valence-electron chi connectivity index (χ0n) is 9.16. The third-order valence-electron chi connectivity index (χ3n) is 2.13. The molecule has 0 aliphatic heterocycles. The smallest absolute Gasteiger partial charge is 0.305 e. The molecule has 0 spiro atoms. The van der Waals surface area contributed by atoms with Crippen LogP contribution in [0, 0.1) is 0 Å².